The fourth-order valence-electron chi connectivity index (χ4n) is 4.91. The SMILES string of the molecule is CCN1C2=C(C(=O)CCC2)C(c2ccccc2OCC(N)=O)C2=C1CCCC2=O. The van der Waals surface area contributed by atoms with E-state index in [-0.39, 0.29) is 18.2 Å². The second-order valence-corrected chi connectivity index (χ2v) is 7.74. The van der Waals surface area contributed by atoms with Crippen molar-refractivity contribution in [3.05, 3.63) is 52.4 Å². The molecule has 0 aromatic heterocycles. The van der Waals surface area contributed by atoms with Gasteiger partial charge in [0.25, 0.3) is 5.91 Å². The second kappa shape index (κ2) is 7.85. The molecule has 0 fully saturated rings. The topological polar surface area (TPSA) is 89.7 Å². The van der Waals surface area contributed by atoms with Gasteiger partial charge in [0.2, 0.25) is 0 Å². The van der Waals surface area contributed by atoms with Crippen molar-refractivity contribution in [2.24, 2.45) is 5.73 Å². The Morgan fingerprint density at radius 2 is 1.62 bits per heavy atom. The number of carbonyl (C=O) groups is 3. The first-order valence-electron chi connectivity index (χ1n) is 10.3. The Kier molecular flexibility index (Phi) is 5.26. The Morgan fingerprint density at radius 1 is 1.03 bits per heavy atom. The number of primary amides is 1. The predicted octanol–water partition coefficient (Wildman–Crippen LogP) is 2.98. The maximum Gasteiger partial charge on any atom is 0.255 e. The number of Topliss-reactive ketones (excluding diaryl/α,β-unsaturated/α-hetero) is 2. The van der Waals surface area contributed by atoms with Crippen molar-refractivity contribution in [3.63, 3.8) is 0 Å². The van der Waals surface area contributed by atoms with Crippen LogP contribution in [0.15, 0.2) is 46.8 Å². The Morgan fingerprint density at radius 3 is 2.17 bits per heavy atom. The normalized spacial score (nSPS) is 20.0. The average Bonchev–Trinajstić information content (AvgIpc) is 2.71. The molecule has 0 radical (unpaired) electrons. The Labute approximate surface area is 170 Å². The first kappa shape index (κ1) is 19.4. The fourth-order valence-corrected chi connectivity index (χ4v) is 4.91. The first-order valence-corrected chi connectivity index (χ1v) is 10.3. The van der Waals surface area contributed by atoms with Crippen LogP contribution < -0.4 is 10.5 Å². The molecule has 2 aliphatic carbocycles. The summed E-state index contributed by atoms with van der Waals surface area (Å²) in [6.07, 6.45) is 4.32. The highest BCUT2D eigenvalue weighted by molar-refractivity contribution is 6.06. The molecule has 0 bridgehead atoms. The lowest BCUT2D eigenvalue weighted by molar-refractivity contribution is -0.120. The monoisotopic (exact) mass is 394 g/mol. The van der Waals surface area contributed by atoms with Gasteiger partial charge in [0.15, 0.2) is 18.2 Å². The maximum atomic E-state index is 13.1. The van der Waals surface area contributed by atoms with E-state index in [1.165, 1.54) is 0 Å². The molecule has 2 N–H and O–H groups in total. The molecule has 0 spiro atoms. The quantitative estimate of drug-likeness (QED) is 0.829. The van der Waals surface area contributed by atoms with Gasteiger partial charge in [0, 0.05) is 53.4 Å². The standard InChI is InChI=1S/C23H26N2O4/c1-2-25-15-8-5-10-17(26)22(15)21(23-16(25)9-6-11-18(23)27)14-7-3-4-12-19(14)29-13-20(24)28/h3-4,7,12,21H,2,5-6,8-11,13H2,1H3,(H2,24,28). The van der Waals surface area contributed by atoms with E-state index in [2.05, 4.69) is 11.8 Å². The van der Waals surface area contributed by atoms with Crippen molar-refractivity contribution in [2.75, 3.05) is 13.2 Å². The zero-order valence-corrected chi connectivity index (χ0v) is 16.7. The van der Waals surface area contributed by atoms with Crippen LogP contribution in [0.5, 0.6) is 5.75 Å². The first-order chi connectivity index (χ1) is 14.0. The molecule has 1 heterocycles. The lowest BCUT2D eigenvalue weighted by Gasteiger charge is -2.43. The van der Waals surface area contributed by atoms with Crippen LogP contribution in [0.1, 0.15) is 56.9 Å². The number of ether oxygens (including phenoxy) is 1. The van der Waals surface area contributed by atoms with Gasteiger partial charge in [0.1, 0.15) is 5.75 Å². The summed E-state index contributed by atoms with van der Waals surface area (Å²) in [6.45, 7) is 2.56. The van der Waals surface area contributed by atoms with E-state index in [1.807, 2.05) is 18.2 Å². The van der Waals surface area contributed by atoms with Crippen molar-refractivity contribution in [3.8, 4) is 5.75 Å². The van der Waals surface area contributed by atoms with E-state index in [9.17, 15) is 14.4 Å². The second-order valence-electron chi connectivity index (χ2n) is 7.74. The molecule has 3 aliphatic rings. The highest BCUT2D eigenvalue weighted by Crippen LogP contribution is 2.50. The van der Waals surface area contributed by atoms with Gasteiger partial charge in [-0.3, -0.25) is 14.4 Å². The van der Waals surface area contributed by atoms with Gasteiger partial charge in [-0.25, -0.2) is 0 Å². The lowest BCUT2D eigenvalue weighted by atomic mass is 9.70. The molecule has 6 nitrogen and oxygen atoms in total. The van der Waals surface area contributed by atoms with Crippen molar-refractivity contribution in [1.29, 1.82) is 0 Å². The van der Waals surface area contributed by atoms with Crippen LogP contribution in [0.2, 0.25) is 0 Å². The molecule has 0 saturated heterocycles. The third-order valence-corrected chi connectivity index (χ3v) is 6.00. The number of amides is 1. The summed E-state index contributed by atoms with van der Waals surface area (Å²) in [7, 11) is 0. The molecule has 1 aromatic carbocycles. The molecular weight excluding hydrogens is 368 g/mol. The highest BCUT2D eigenvalue weighted by atomic mass is 16.5. The van der Waals surface area contributed by atoms with Crippen LogP contribution >= 0.6 is 0 Å². The zero-order valence-electron chi connectivity index (χ0n) is 16.7. The van der Waals surface area contributed by atoms with Crippen LogP contribution in [-0.2, 0) is 14.4 Å². The molecular formula is C23H26N2O4. The van der Waals surface area contributed by atoms with Crippen molar-refractivity contribution >= 4 is 17.5 Å². The summed E-state index contributed by atoms with van der Waals surface area (Å²) in [4.78, 5) is 39.7. The van der Waals surface area contributed by atoms with Crippen molar-refractivity contribution in [1.82, 2.24) is 4.90 Å². The molecule has 0 atom stereocenters. The van der Waals surface area contributed by atoms with E-state index in [1.54, 1.807) is 6.07 Å². The summed E-state index contributed by atoms with van der Waals surface area (Å²) in [5, 5.41) is 0. The number of nitrogens with zero attached hydrogens (tertiary/aromatic N) is 1. The van der Waals surface area contributed by atoms with Gasteiger partial charge in [-0.15, -0.1) is 0 Å². The molecule has 6 heteroatoms. The molecule has 0 unspecified atom stereocenters. The Balaban J connectivity index is 1.92. The van der Waals surface area contributed by atoms with Crippen LogP contribution in [0, 0.1) is 0 Å². The summed E-state index contributed by atoms with van der Waals surface area (Å²) in [5.41, 5.74) is 9.57. The van der Waals surface area contributed by atoms with Gasteiger partial charge in [0.05, 0.1) is 0 Å². The molecule has 1 amide bonds. The number of nitrogens with two attached hydrogens (primary N) is 1. The number of carbonyl (C=O) groups excluding carboxylic acids is 3. The van der Waals surface area contributed by atoms with Crippen molar-refractivity contribution < 1.29 is 19.1 Å². The summed E-state index contributed by atoms with van der Waals surface area (Å²) >= 11 is 0. The van der Waals surface area contributed by atoms with Crippen molar-refractivity contribution in [2.45, 2.75) is 51.4 Å². The minimum Gasteiger partial charge on any atom is -0.483 e. The number of ketones is 2. The van der Waals surface area contributed by atoms with Crippen LogP contribution in [0.25, 0.3) is 0 Å². The number of hydrogen-bond donors (Lipinski definition) is 1. The minimum atomic E-state index is -0.567. The third-order valence-electron chi connectivity index (χ3n) is 6.00. The highest BCUT2D eigenvalue weighted by Gasteiger charge is 2.43. The van der Waals surface area contributed by atoms with E-state index >= 15 is 0 Å². The number of rotatable bonds is 5. The van der Waals surface area contributed by atoms with E-state index in [4.69, 9.17) is 10.5 Å². The van der Waals surface area contributed by atoms with Crippen LogP contribution in [-0.4, -0.2) is 35.5 Å². The summed E-state index contributed by atoms with van der Waals surface area (Å²) in [5.74, 6) is -0.305. The number of para-hydroxylation sites is 1. The zero-order chi connectivity index (χ0) is 20.5. The number of allylic oxidation sites excluding steroid dienone is 4. The van der Waals surface area contributed by atoms with E-state index < -0.39 is 11.8 Å². The minimum absolute atomic E-state index is 0.101. The molecule has 4 rings (SSSR count). The Bertz CT molecular complexity index is 900. The van der Waals surface area contributed by atoms with Gasteiger partial charge in [-0.1, -0.05) is 18.2 Å². The number of benzene rings is 1. The average molecular weight is 394 g/mol. The lowest BCUT2D eigenvalue weighted by Crippen LogP contribution is -2.39. The third kappa shape index (κ3) is 3.37. The van der Waals surface area contributed by atoms with Gasteiger partial charge < -0.3 is 15.4 Å². The Hall–Kier alpha value is -2.89. The van der Waals surface area contributed by atoms with Crippen LogP contribution in [0.3, 0.4) is 0 Å². The molecule has 1 aliphatic heterocycles. The maximum absolute atomic E-state index is 13.1. The molecule has 29 heavy (non-hydrogen) atoms. The van der Waals surface area contributed by atoms with E-state index in [0.717, 1.165) is 60.3 Å². The molecule has 0 saturated carbocycles. The van der Waals surface area contributed by atoms with Crippen LogP contribution in [0.4, 0.5) is 0 Å². The summed E-state index contributed by atoms with van der Waals surface area (Å²) in [6, 6.07) is 7.35. The van der Waals surface area contributed by atoms with Gasteiger partial charge in [-0.2, -0.15) is 0 Å². The summed E-state index contributed by atoms with van der Waals surface area (Å²) < 4.78 is 5.68. The predicted molar refractivity (Wildman–Crippen MR) is 108 cm³/mol. The van der Waals surface area contributed by atoms with E-state index in [0.29, 0.717) is 18.6 Å². The fraction of sp³-hybridized carbons (Fsp3) is 0.435. The smallest absolute Gasteiger partial charge is 0.255 e. The number of hydrogen-bond acceptors (Lipinski definition) is 5. The molecule has 1 aromatic rings. The van der Waals surface area contributed by atoms with Gasteiger partial charge >= 0.3 is 0 Å². The van der Waals surface area contributed by atoms with Gasteiger partial charge in [-0.05, 0) is 38.7 Å². The largest absolute Gasteiger partial charge is 0.483 e. The molecule has 152 valence electrons.